The van der Waals surface area contributed by atoms with E-state index in [0.29, 0.717) is 17.4 Å². The van der Waals surface area contributed by atoms with Gasteiger partial charge in [0.05, 0.1) is 5.69 Å². The van der Waals surface area contributed by atoms with Gasteiger partial charge in [-0.1, -0.05) is 0 Å². The number of carbonyl (C=O) groups excluding carboxylic acids is 1. The van der Waals surface area contributed by atoms with Crippen LogP contribution >= 0.6 is 0 Å². The van der Waals surface area contributed by atoms with Crippen LogP contribution in [0.3, 0.4) is 0 Å². The Morgan fingerprint density at radius 1 is 1.30 bits per heavy atom. The summed E-state index contributed by atoms with van der Waals surface area (Å²) in [6, 6.07) is 4.88. The topological polar surface area (TPSA) is 109 Å². The third kappa shape index (κ3) is 3.05. The Morgan fingerprint density at radius 3 is 2.55 bits per heavy atom. The van der Waals surface area contributed by atoms with E-state index in [1.807, 2.05) is 20.8 Å². The van der Waals surface area contributed by atoms with E-state index in [0.717, 1.165) is 0 Å². The Bertz CT molecular complexity index is 642. The summed E-state index contributed by atoms with van der Waals surface area (Å²) in [6.45, 7) is 5.71. The van der Waals surface area contributed by atoms with Gasteiger partial charge in [0.25, 0.3) is 5.91 Å². The lowest BCUT2D eigenvalue weighted by molar-refractivity contribution is 0.0995. The number of nitrogens with two attached hydrogens (primary N) is 2. The molecule has 0 atom stereocenters. The van der Waals surface area contributed by atoms with Crippen LogP contribution in [0, 0.1) is 0 Å². The highest BCUT2D eigenvalue weighted by Gasteiger charge is 2.16. The lowest BCUT2D eigenvalue weighted by atomic mass is 10.2. The Labute approximate surface area is 116 Å². The van der Waals surface area contributed by atoms with Crippen LogP contribution < -0.4 is 16.2 Å². The van der Waals surface area contributed by atoms with E-state index >= 15 is 0 Å². The SMILES string of the molecule is CC(C)(C)Oc1nc(-n2ccc(C(N)=O)n2)ccc1N. The van der Waals surface area contributed by atoms with Crippen molar-refractivity contribution >= 4 is 11.6 Å². The van der Waals surface area contributed by atoms with Crippen molar-refractivity contribution in [3.8, 4) is 11.7 Å². The summed E-state index contributed by atoms with van der Waals surface area (Å²) in [7, 11) is 0. The second-order valence-corrected chi connectivity index (χ2v) is 5.29. The second-order valence-electron chi connectivity index (χ2n) is 5.29. The number of aromatic nitrogens is 3. The Hall–Kier alpha value is -2.57. The molecule has 0 radical (unpaired) electrons. The van der Waals surface area contributed by atoms with Crippen molar-refractivity contribution in [2.45, 2.75) is 26.4 Å². The van der Waals surface area contributed by atoms with Crippen molar-refractivity contribution in [2.24, 2.45) is 5.73 Å². The van der Waals surface area contributed by atoms with Crippen molar-refractivity contribution in [3.63, 3.8) is 0 Å². The molecule has 0 unspecified atom stereocenters. The van der Waals surface area contributed by atoms with Gasteiger partial charge in [-0.25, -0.2) is 4.68 Å². The van der Waals surface area contributed by atoms with Crippen LogP contribution in [0.1, 0.15) is 31.3 Å². The van der Waals surface area contributed by atoms with Crippen LogP contribution in [-0.4, -0.2) is 26.3 Å². The van der Waals surface area contributed by atoms with Gasteiger partial charge in [0.2, 0.25) is 5.88 Å². The standard InChI is InChI=1S/C13H17N5O2/c1-13(2,3)20-12-8(14)4-5-10(16-12)18-7-6-9(17-18)11(15)19/h4-7H,14H2,1-3H3,(H2,15,19). The molecule has 0 fully saturated rings. The zero-order valence-electron chi connectivity index (χ0n) is 11.6. The minimum absolute atomic E-state index is 0.168. The summed E-state index contributed by atoms with van der Waals surface area (Å²) in [6.07, 6.45) is 1.60. The molecule has 7 heteroatoms. The van der Waals surface area contributed by atoms with Crippen molar-refractivity contribution in [2.75, 3.05) is 5.73 Å². The summed E-state index contributed by atoms with van der Waals surface area (Å²) >= 11 is 0. The molecule has 2 rings (SSSR count). The van der Waals surface area contributed by atoms with Gasteiger partial charge in [0, 0.05) is 6.20 Å². The zero-order chi connectivity index (χ0) is 14.9. The molecule has 0 bridgehead atoms. The number of rotatable bonds is 3. The van der Waals surface area contributed by atoms with Crippen LogP contribution in [0.5, 0.6) is 5.88 Å². The van der Waals surface area contributed by atoms with Gasteiger partial charge in [-0.05, 0) is 39.0 Å². The first-order valence-electron chi connectivity index (χ1n) is 6.08. The molecule has 106 valence electrons. The van der Waals surface area contributed by atoms with E-state index < -0.39 is 11.5 Å². The highest BCUT2D eigenvalue weighted by molar-refractivity contribution is 5.90. The molecule has 2 aromatic heterocycles. The number of pyridine rings is 1. The minimum atomic E-state index is -0.592. The monoisotopic (exact) mass is 275 g/mol. The van der Waals surface area contributed by atoms with E-state index in [1.165, 1.54) is 10.7 Å². The number of amides is 1. The number of anilines is 1. The third-order valence-electron chi connectivity index (χ3n) is 2.35. The van der Waals surface area contributed by atoms with Crippen LogP contribution in [0.25, 0.3) is 5.82 Å². The summed E-state index contributed by atoms with van der Waals surface area (Å²) < 4.78 is 7.12. The first-order chi connectivity index (χ1) is 9.26. The van der Waals surface area contributed by atoms with Crippen molar-refractivity contribution in [3.05, 3.63) is 30.1 Å². The van der Waals surface area contributed by atoms with E-state index in [-0.39, 0.29) is 5.69 Å². The number of nitrogens with zero attached hydrogens (tertiary/aromatic N) is 3. The molecule has 0 aliphatic carbocycles. The van der Waals surface area contributed by atoms with Gasteiger partial charge >= 0.3 is 0 Å². The maximum atomic E-state index is 11.0. The van der Waals surface area contributed by atoms with Crippen LogP contribution in [-0.2, 0) is 0 Å². The Morgan fingerprint density at radius 2 is 2.00 bits per heavy atom. The van der Waals surface area contributed by atoms with Crippen molar-refractivity contribution in [1.82, 2.24) is 14.8 Å². The first kappa shape index (κ1) is 13.9. The van der Waals surface area contributed by atoms with Crippen LogP contribution in [0.15, 0.2) is 24.4 Å². The molecule has 1 amide bonds. The van der Waals surface area contributed by atoms with Gasteiger partial charge in [-0.2, -0.15) is 10.1 Å². The molecule has 2 heterocycles. The summed E-state index contributed by atoms with van der Waals surface area (Å²) in [5.41, 5.74) is 11.2. The van der Waals surface area contributed by atoms with Gasteiger partial charge in [-0.3, -0.25) is 4.79 Å². The molecule has 0 aliphatic heterocycles. The largest absolute Gasteiger partial charge is 0.470 e. The molecule has 0 saturated heterocycles. The maximum absolute atomic E-state index is 11.0. The van der Waals surface area contributed by atoms with E-state index in [9.17, 15) is 4.79 Å². The smallest absolute Gasteiger partial charge is 0.269 e. The van der Waals surface area contributed by atoms with Crippen molar-refractivity contribution in [1.29, 1.82) is 0 Å². The van der Waals surface area contributed by atoms with E-state index in [1.54, 1.807) is 18.3 Å². The quantitative estimate of drug-likeness (QED) is 0.872. The highest BCUT2D eigenvalue weighted by Crippen LogP contribution is 2.24. The fourth-order valence-corrected chi connectivity index (χ4v) is 1.52. The Kier molecular flexibility index (Phi) is 3.35. The van der Waals surface area contributed by atoms with Crippen LogP contribution in [0.2, 0.25) is 0 Å². The molecule has 20 heavy (non-hydrogen) atoms. The molecule has 2 aromatic rings. The number of primary amides is 1. The number of hydrogen-bond acceptors (Lipinski definition) is 5. The van der Waals surface area contributed by atoms with E-state index in [4.69, 9.17) is 16.2 Å². The summed E-state index contributed by atoms with van der Waals surface area (Å²) in [4.78, 5) is 15.3. The molecular weight excluding hydrogens is 258 g/mol. The van der Waals surface area contributed by atoms with Crippen molar-refractivity contribution < 1.29 is 9.53 Å². The molecule has 4 N–H and O–H groups in total. The maximum Gasteiger partial charge on any atom is 0.269 e. The summed E-state index contributed by atoms with van der Waals surface area (Å²) in [5.74, 6) is 0.224. The first-order valence-corrected chi connectivity index (χ1v) is 6.08. The molecule has 0 spiro atoms. The fraction of sp³-hybridized carbons (Fsp3) is 0.308. The lowest BCUT2D eigenvalue weighted by Crippen LogP contribution is -2.24. The predicted octanol–water partition coefficient (Wildman–Crippen LogP) is 1.13. The Balaban J connectivity index is 2.37. The number of nitrogen functional groups attached to an aromatic ring is 1. The number of ether oxygens (including phenoxy) is 1. The molecule has 7 nitrogen and oxygen atoms in total. The van der Waals surface area contributed by atoms with Gasteiger partial charge in [0.15, 0.2) is 5.82 Å². The molecule has 0 saturated carbocycles. The molecule has 0 aromatic carbocycles. The van der Waals surface area contributed by atoms with Crippen LogP contribution in [0.4, 0.5) is 5.69 Å². The average Bonchev–Trinajstić information content (AvgIpc) is 2.79. The zero-order valence-corrected chi connectivity index (χ0v) is 11.6. The van der Waals surface area contributed by atoms with Gasteiger partial charge < -0.3 is 16.2 Å². The lowest BCUT2D eigenvalue weighted by Gasteiger charge is -2.21. The predicted molar refractivity (Wildman–Crippen MR) is 74.7 cm³/mol. The minimum Gasteiger partial charge on any atom is -0.470 e. The fourth-order valence-electron chi connectivity index (χ4n) is 1.52. The second kappa shape index (κ2) is 4.84. The summed E-state index contributed by atoms with van der Waals surface area (Å²) in [5, 5.41) is 4.03. The number of carbonyl (C=O) groups is 1. The van der Waals surface area contributed by atoms with Gasteiger partial charge in [0.1, 0.15) is 11.3 Å². The average molecular weight is 275 g/mol. The highest BCUT2D eigenvalue weighted by atomic mass is 16.5. The third-order valence-corrected chi connectivity index (χ3v) is 2.35. The molecule has 0 aliphatic rings. The van der Waals surface area contributed by atoms with Gasteiger partial charge in [-0.15, -0.1) is 0 Å². The van der Waals surface area contributed by atoms with E-state index in [2.05, 4.69) is 10.1 Å². The normalized spacial score (nSPS) is 11.3. The number of hydrogen-bond donors (Lipinski definition) is 2. The molecular formula is C13H17N5O2.